The molecular formula is C10H9NO6. The fraction of sp³-hybridized carbons (Fsp3) is 0.100. The first-order valence-electron chi connectivity index (χ1n) is 4.61. The lowest BCUT2D eigenvalue weighted by Gasteiger charge is -2.12. The van der Waals surface area contributed by atoms with Crippen LogP contribution in [-0.4, -0.2) is 17.4 Å². The molecule has 0 saturated carbocycles. The number of hydrogen-bond donors (Lipinski definition) is 3. The molecule has 2 aromatic rings. The van der Waals surface area contributed by atoms with Gasteiger partial charge < -0.3 is 19.5 Å². The van der Waals surface area contributed by atoms with Crippen LogP contribution in [0.2, 0.25) is 0 Å². The van der Waals surface area contributed by atoms with Gasteiger partial charge in [0.1, 0.15) is 11.3 Å². The summed E-state index contributed by atoms with van der Waals surface area (Å²) in [6.45, 7) is 0. The van der Waals surface area contributed by atoms with Gasteiger partial charge in [-0.25, -0.2) is 10.0 Å². The number of benzene rings is 1. The summed E-state index contributed by atoms with van der Waals surface area (Å²) in [6, 6.07) is 4.34. The smallest absolute Gasteiger partial charge is 0.405 e. The molecule has 3 N–H and O–H groups in total. The van der Waals surface area contributed by atoms with Crippen LogP contribution in [0.25, 0.3) is 11.0 Å². The fourth-order valence-corrected chi connectivity index (χ4v) is 1.48. The van der Waals surface area contributed by atoms with E-state index in [0.29, 0.717) is 5.75 Å². The van der Waals surface area contributed by atoms with Crippen LogP contribution in [0.5, 0.6) is 11.5 Å². The number of rotatable bonds is 2. The summed E-state index contributed by atoms with van der Waals surface area (Å²) in [6.07, 6.45) is 0. The molecule has 2 rings (SSSR count). The SMILES string of the molecule is COc1ccc2oc(=O)c([NH+]([O-])O)c(O)c2c1. The molecule has 0 saturated heterocycles. The molecule has 0 aliphatic rings. The van der Waals surface area contributed by atoms with Crippen LogP contribution in [0.4, 0.5) is 5.69 Å². The third-order valence-electron chi connectivity index (χ3n) is 2.30. The first kappa shape index (κ1) is 11.4. The normalized spacial score (nSPS) is 12.6. The number of aromatic hydroxyl groups is 1. The second-order valence-corrected chi connectivity index (χ2v) is 3.28. The van der Waals surface area contributed by atoms with E-state index in [1.54, 1.807) is 0 Å². The van der Waals surface area contributed by atoms with Crippen molar-refractivity contribution in [1.82, 2.24) is 0 Å². The molecule has 1 aromatic carbocycles. The average molecular weight is 239 g/mol. The number of ether oxygens (including phenoxy) is 1. The maximum Gasteiger partial charge on any atom is 0.405 e. The van der Waals surface area contributed by atoms with Crippen molar-refractivity contribution in [3.63, 3.8) is 0 Å². The first-order valence-corrected chi connectivity index (χ1v) is 4.61. The number of hydrogen-bond acceptors (Lipinski definition) is 6. The lowest BCUT2D eigenvalue weighted by atomic mass is 10.2. The van der Waals surface area contributed by atoms with Crippen LogP contribution >= 0.6 is 0 Å². The van der Waals surface area contributed by atoms with E-state index in [2.05, 4.69) is 0 Å². The van der Waals surface area contributed by atoms with Crippen molar-refractivity contribution < 1.29 is 24.7 Å². The molecule has 0 aliphatic carbocycles. The Balaban J connectivity index is 2.84. The topological polar surface area (TPSA) is 107 Å². The average Bonchev–Trinajstić information content (AvgIpc) is 2.28. The first-order chi connectivity index (χ1) is 8.04. The molecule has 1 aromatic heterocycles. The highest BCUT2D eigenvalue weighted by atomic mass is 16.8. The van der Waals surface area contributed by atoms with Crippen molar-refractivity contribution in [3.8, 4) is 11.5 Å². The second kappa shape index (κ2) is 4.06. The van der Waals surface area contributed by atoms with Gasteiger partial charge in [0, 0.05) is 0 Å². The van der Waals surface area contributed by atoms with Crippen molar-refractivity contribution in [2.45, 2.75) is 0 Å². The van der Waals surface area contributed by atoms with Gasteiger partial charge in [-0.3, -0.25) is 0 Å². The highest BCUT2D eigenvalue weighted by molar-refractivity contribution is 5.87. The molecule has 17 heavy (non-hydrogen) atoms. The Hall–Kier alpha value is -2.09. The van der Waals surface area contributed by atoms with E-state index in [1.807, 2.05) is 0 Å². The zero-order valence-corrected chi connectivity index (χ0v) is 8.76. The van der Waals surface area contributed by atoms with Gasteiger partial charge in [0.15, 0.2) is 5.75 Å². The number of nitrogens with one attached hydrogen (secondary N) is 1. The maximum atomic E-state index is 11.3. The third-order valence-corrected chi connectivity index (χ3v) is 2.30. The molecule has 0 amide bonds. The lowest BCUT2D eigenvalue weighted by molar-refractivity contribution is -0.992. The van der Waals surface area contributed by atoms with Gasteiger partial charge >= 0.3 is 5.63 Å². The third kappa shape index (κ3) is 1.82. The molecule has 90 valence electrons. The number of fused-ring (bicyclic) bond motifs is 1. The Morgan fingerprint density at radius 2 is 2.18 bits per heavy atom. The van der Waals surface area contributed by atoms with Crippen LogP contribution in [0.3, 0.4) is 0 Å². The van der Waals surface area contributed by atoms with Gasteiger partial charge in [0.05, 0.1) is 12.5 Å². The van der Waals surface area contributed by atoms with Crippen LogP contribution in [-0.2, 0) is 0 Å². The van der Waals surface area contributed by atoms with E-state index >= 15 is 0 Å². The standard InChI is InChI=1S/C10H9NO6/c1-16-5-2-3-7-6(4-5)9(12)8(11(14)15)10(13)17-7/h2-4,11-12,14H,1H3. The summed E-state index contributed by atoms with van der Waals surface area (Å²) in [4.78, 5) is 11.3. The molecule has 0 aliphatic heterocycles. The van der Waals surface area contributed by atoms with Crippen LogP contribution in [0.1, 0.15) is 0 Å². The highest BCUT2D eigenvalue weighted by Crippen LogP contribution is 2.30. The predicted octanol–water partition coefficient (Wildman–Crippen LogP) is -0.0894. The van der Waals surface area contributed by atoms with Gasteiger partial charge in [-0.05, 0) is 18.2 Å². The van der Waals surface area contributed by atoms with Crippen molar-refractivity contribution >= 4 is 16.7 Å². The zero-order chi connectivity index (χ0) is 12.6. The minimum atomic E-state index is -1.54. The van der Waals surface area contributed by atoms with Gasteiger partial charge in [-0.1, -0.05) is 0 Å². The lowest BCUT2D eigenvalue weighted by Crippen LogP contribution is -3.00. The molecule has 1 atom stereocenters. The van der Waals surface area contributed by atoms with Gasteiger partial charge in [-0.15, -0.1) is 0 Å². The quantitative estimate of drug-likeness (QED) is 0.499. The second-order valence-electron chi connectivity index (χ2n) is 3.28. The Kier molecular flexibility index (Phi) is 2.72. The fourth-order valence-electron chi connectivity index (χ4n) is 1.48. The molecule has 0 fully saturated rings. The van der Waals surface area contributed by atoms with E-state index in [4.69, 9.17) is 14.4 Å². The zero-order valence-electron chi connectivity index (χ0n) is 8.76. The van der Waals surface area contributed by atoms with Crippen molar-refractivity contribution in [1.29, 1.82) is 0 Å². The van der Waals surface area contributed by atoms with E-state index in [1.165, 1.54) is 25.3 Å². The Labute approximate surface area is 94.6 Å². The van der Waals surface area contributed by atoms with Crippen LogP contribution < -0.4 is 15.6 Å². The van der Waals surface area contributed by atoms with Crippen molar-refractivity contribution in [2.24, 2.45) is 0 Å². The summed E-state index contributed by atoms with van der Waals surface area (Å²) in [5, 5.41) is 27.9. The maximum absolute atomic E-state index is 11.3. The summed E-state index contributed by atoms with van der Waals surface area (Å²) >= 11 is 0. The largest absolute Gasteiger partial charge is 0.595 e. The van der Waals surface area contributed by atoms with Gasteiger partial charge in [0.2, 0.25) is 0 Å². The summed E-state index contributed by atoms with van der Waals surface area (Å²) in [5.74, 6) is -0.208. The molecule has 1 unspecified atom stereocenters. The summed E-state index contributed by atoms with van der Waals surface area (Å²) in [7, 11) is 1.43. The minimum Gasteiger partial charge on any atom is -0.595 e. The molecular weight excluding hydrogens is 230 g/mol. The molecule has 0 radical (unpaired) electrons. The molecule has 0 spiro atoms. The van der Waals surface area contributed by atoms with E-state index in [9.17, 15) is 15.1 Å². The van der Waals surface area contributed by atoms with Crippen LogP contribution in [0, 0.1) is 5.21 Å². The summed E-state index contributed by atoms with van der Waals surface area (Å²) < 4.78 is 9.71. The monoisotopic (exact) mass is 239 g/mol. The van der Waals surface area contributed by atoms with Gasteiger partial charge in [0.25, 0.3) is 5.69 Å². The molecule has 7 nitrogen and oxygen atoms in total. The summed E-state index contributed by atoms with van der Waals surface area (Å²) in [5.41, 5.74) is -1.78. The Morgan fingerprint density at radius 3 is 2.76 bits per heavy atom. The van der Waals surface area contributed by atoms with E-state index in [-0.39, 0.29) is 11.0 Å². The highest BCUT2D eigenvalue weighted by Gasteiger charge is 2.20. The molecule has 1 heterocycles. The Morgan fingerprint density at radius 1 is 1.47 bits per heavy atom. The number of methoxy groups -OCH3 is 1. The Bertz CT molecular complexity index is 618. The minimum absolute atomic E-state index is 0.0956. The predicted molar refractivity (Wildman–Crippen MR) is 56.5 cm³/mol. The van der Waals surface area contributed by atoms with Gasteiger partial charge in [-0.2, -0.15) is 5.23 Å². The van der Waals surface area contributed by atoms with E-state index in [0.717, 1.165) is 0 Å². The number of quaternary nitrogens is 1. The molecule has 7 heteroatoms. The van der Waals surface area contributed by atoms with Crippen LogP contribution in [0.15, 0.2) is 27.4 Å². The molecule has 0 bridgehead atoms. The van der Waals surface area contributed by atoms with Crippen molar-refractivity contribution in [2.75, 3.05) is 7.11 Å². The van der Waals surface area contributed by atoms with Crippen molar-refractivity contribution in [3.05, 3.63) is 33.8 Å². The van der Waals surface area contributed by atoms with E-state index < -0.39 is 22.3 Å².